The van der Waals surface area contributed by atoms with Gasteiger partial charge in [-0.1, -0.05) is 58.9 Å². The number of anilines is 1. The molecule has 6 atom stereocenters. The first-order chi connectivity index (χ1) is 21.2. The SMILES string of the molecule is CCOc1ccc(N2CC=C[C@]3(CC)O[C@]45C=CCN(C(C)(C)CC(C)(C)C)C(=O)C4N([C@@H](CC)CO)C(=O)[C@@H]5[C@@H]3C2=O)cc1. The maximum absolute atomic E-state index is 14.9. The topological polar surface area (TPSA) is 99.6 Å². The van der Waals surface area contributed by atoms with Gasteiger partial charge in [0.1, 0.15) is 17.4 Å². The van der Waals surface area contributed by atoms with E-state index in [4.69, 9.17) is 9.47 Å². The van der Waals surface area contributed by atoms with E-state index in [1.807, 2.05) is 74.2 Å². The van der Waals surface area contributed by atoms with Gasteiger partial charge in [0.15, 0.2) is 0 Å². The molecule has 2 saturated heterocycles. The molecule has 1 spiro atoms. The zero-order chi connectivity index (χ0) is 32.9. The quantitative estimate of drug-likeness (QED) is 0.401. The molecule has 1 unspecified atom stereocenters. The molecule has 1 aromatic rings. The number of amides is 3. The summed E-state index contributed by atoms with van der Waals surface area (Å²) < 4.78 is 12.7. The first-order valence-electron chi connectivity index (χ1n) is 16.5. The van der Waals surface area contributed by atoms with Crippen molar-refractivity contribution in [1.82, 2.24) is 9.80 Å². The van der Waals surface area contributed by atoms with Crippen LogP contribution < -0.4 is 9.64 Å². The number of aliphatic hydroxyl groups is 1. The molecule has 0 bridgehead atoms. The normalized spacial score (nSPS) is 30.6. The fourth-order valence-corrected chi connectivity index (χ4v) is 8.57. The summed E-state index contributed by atoms with van der Waals surface area (Å²) in [5.74, 6) is -1.83. The van der Waals surface area contributed by atoms with Crippen molar-refractivity contribution >= 4 is 23.4 Å². The fourth-order valence-electron chi connectivity index (χ4n) is 8.57. The van der Waals surface area contributed by atoms with Gasteiger partial charge in [-0.2, -0.15) is 0 Å². The average molecular weight is 622 g/mol. The predicted molar refractivity (Wildman–Crippen MR) is 174 cm³/mol. The van der Waals surface area contributed by atoms with Crippen LogP contribution in [0.5, 0.6) is 5.75 Å². The number of fused-ring (bicyclic) bond motifs is 2. The number of likely N-dealkylation sites (tertiary alicyclic amines) is 1. The highest BCUT2D eigenvalue weighted by Gasteiger charge is 2.76. The third-order valence-corrected chi connectivity index (χ3v) is 10.1. The van der Waals surface area contributed by atoms with Gasteiger partial charge >= 0.3 is 0 Å². The van der Waals surface area contributed by atoms with Crippen molar-refractivity contribution in [3.63, 3.8) is 0 Å². The minimum absolute atomic E-state index is 0.0485. The van der Waals surface area contributed by atoms with Crippen LogP contribution >= 0.6 is 0 Å². The zero-order valence-electron chi connectivity index (χ0n) is 28.2. The van der Waals surface area contributed by atoms with Crippen LogP contribution in [-0.4, -0.2) is 87.8 Å². The lowest BCUT2D eigenvalue weighted by Crippen LogP contribution is -2.62. The summed E-state index contributed by atoms with van der Waals surface area (Å²) >= 11 is 0. The highest BCUT2D eigenvalue weighted by atomic mass is 16.5. The van der Waals surface area contributed by atoms with E-state index in [1.54, 1.807) is 9.80 Å². The van der Waals surface area contributed by atoms with Gasteiger partial charge in [-0.05, 0) is 69.7 Å². The first kappa shape index (κ1) is 33.2. The van der Waals surface area contributed by atoms with Crippen LogP contribution in [0.1, 0.15) is 74.7 Å². The maximum Gasteiger partial charge on any atom is 0.249 e. The van der Waals surface area contributed by atoms with E-state index in [9.17, 15) is 19.5 Å². The van der Waals surface area contributed by atoms with Gasteiger partial charge in [0.2, 0.25) is 17.7 Å². The van der Waals surface area contributed by atoms with E-state index in [2.05, 4.69) is 34.6 Å². The smallest absolute Gasteiger partial charge is 0.249 e. The van der Waals surface area contributed by atoms with Gasteiger partial charge in [-0.15, -0.1) is 0 Å². The minimum Gasteiger partial charge on any atom is -0.494 e. The molecule has 1 aromatic carbocycles. The maximum atomic E-state index is 14.9. The molecule has 4 aliphatic heterocycles. The van der Waals surface area contributed by atoms with E-state index in [1.165, 1.54) is 0 Å². The van der Waals surface area contributed by atoms with Crippen LogP contribution in [-0.2, 0) is 19.1 Å². The summed E-state index contributed by atoms with van der Waals surface area (Å²) in [6.07, 6.45) is 9.38. The summed E-state index contributed by atoms with van der Waals surface area (Å²) in [5, 5.41) is 10.5. The highest BCUT2D eigenvalue weighted by molar-refractivity contribution is 6.04. The second-order valence-corrected chi connectivity index (χ2v) is 14.8. The molecule has 4 aliphatic rings. The summed E-state index contributed by atoms with van der Waals surface area (Å²) in [5.41, 5.74) is -2.32. The fraction of sp³-hybridized carbons (Fsp3) is 0.639. The van der Waals surface area contributed by atoms with Gasteiger partial charge in [0.05, 0.1) is 36.7 Å². The minimum atomic E-state index is -1.37. The van der Waals surface area contributed by atoms with Crippen LogP contribution in [0.25, 0.3) is 0 Å². The van der Waals surface area contributed by atoms with Gasteiger partial charge in [0.25, 0.3) is 0 Å². The Morgan fingerprint density at radius 3 is 2.18 bits per heavy atom. The molecule has 246 valence electrons. The number of aliphatic hydroxyl groups excluding tert-OH is 1. The number of hydrogen-bond donors (Lipinski definition) is 1. The zero-order valence-corrected chi connectivity index (χ0v) is 28.2. The summed E-state index contributed by atoms with van der Waals surface area (Å²) in [7, 11) is 0. The lowest BCUT2D eigenvalue weighted by atomic mass is 9.72. The van der Waals surface area contributed by atoms with Crippen molar-refractivity contribution < 1.29 is 29.0 Å². The van der Waals surface area contributed by atoms with Crippen molar-refractivity contribution in [2.75, 3.05) is 31.2 Å². The first-order valence-corrected chi connectivity index (χ1v) is 16.5. The molecule has 2 fully saturated rings. The highest BCUT2D eigenvalue weighted by Crippen LogP contribution is 2.59. The summed E-state index contributed by atoms with van der Waals surface area (Å²) in [6, 6.07) is 5.79. The average Bonchev–Trinajstić information content (AvgIpc) is 3.26. The molecule has 5 rings (SSSR count). The largest absolute Gasteiger partial charge is 0.494 e. The Hall–Kier alpha value is -3.17. The third-order valence-electron chi connectivity index (χ3n) is 10.1. The van der Waals surface area contributed by atoms with E-state index in [0.717, 1.165) is 6.42 Å². The Kier molecular flexibility index (Phi) is 8.77. The third kappa shape index (κ3) is 5.39. The van der Waals surface area contributed by atoms with Crippen molar-refractivity contribution in [2.45, 2.75) is 103 Å². The Balaban J connectivity index is 1.64. The van der Waals surface area contributed by atoms with E-state index in [-0.39, 0.29) is 29.7 Å². The van der Waals surface area contributed by atoms with Crippen LogP contribution in [0.2, 0.25) is 0 Å². The van der Waals surface area contributed by atoms with E-state index < -0.39 is 40.7 Å². The number of ether oxygens (including phenoxy) is 2. The van der Waals surface area contributed by atoms with E-state index in [0.29, 0.717) is 44.0 Å². The van der Waals surface area contributed by atoms with Crippen LogP contribution in [0.15, 0.2) is 48.6 Å². The van der Waals surface area contributed by atoms with Crippen molar-refractivity contribution in [1.29, 1.82) is 0 Å². The molecule has 9 heteroatoms. The molecule has 9 nitrogen and oxygen atoms in total. The van der Waals surface area contributed by atoms with Crippen LogP contribution in [0, 0.1) is 17.3 Å². The van der Waals surface area contributed by atoms with Crippen molar-refractivity contribution in [2.24, 2.45) is 17.3 Å². The molecule has 4 heterocycles. The van der Waals surface area contributed by atoms with E-state index >= 15 is 0 Å². The van der Waals surface area contributed by atoms with Crippen LogP contribution in [0.4, 0.5) is 5.69 Å². The van der Waals surface area contributed by atoms with Gasteiger partial charge in [-0.25, -0.2) is 0 Å². The second-order valence-electron chi connectivity index (χ2n) is 14.8. The lowest BCUT2D eigenvalue weighted by molar-refractivity contribution is -0.159. The number of hydrogen-bond acceptors (Lipinski definition) is 6. The second kappa shape index (κ2) is 11.9. The molecular weight excluding hydrogens is 570 g/mol. The summed E-state index contributed by atoms with van der Waals surface area (Å²) in [4.78, 5) is 49.6. The molecule has 45 heavy (non-hydrogen) atoms. The molecule has 0 aromatic heterocycles. The monoisotopic (exact) mass is 621 g/mol. The van der Waals surface area contributed by atoms with Crippen molar-refractivity contribution in [3.8, 4) is 5.75 Å². The molecule has 0 aliphatic carbocycles. The van der Waals surface area contributed by atoms with Gasteiger partial charge in [-0.3, -0.25) is 14.4 Å². The Labute approximate surface area is 268 Å². The number of nitrogens with zero attached hydrogens (tertiary/aromatic N) is 3. The standard InChI is InChI=1S/C36H51N3O6/c1-9-24(22-40)39-29-32(43)38(34(7,8)23-33(4,5)6)21-13-19-36(29)28(31(39)42)27-30(41)37(20-12-18-35(27,10-2)45-36)25-14-16-26(17-15-25)44-11-3/h12-19,24,27-29,40H,9-11,20-23H2,1-8H3/t24-,27+,28-,29?,35-,36-/m0/s1. The molecule has 0 saturated carbocycles. The molecule has 1 N–H and O–H groups in total. The number of carbonyl (C=O) groups is 3. The Morgan fingerprint density at radius 1 is 0.933 bits per heavy atom. The number of carbonyl (C=O) groups excluding carboxylic acids is 3. The number of rotatable bonds is 9. The van der Waals surface area contributed by atoms with Gasteiger partial charge < -0.3 is 29.3 Å². The Morgan fingerprint density at radius 2 is 1.60 bits per heavy atom. The summed E-state index contributed by atoms with van der Waals surface area (Å²) in [6.45, 7) is 17.3. The van der Waals surface area contributed by atoms with Crippen molar-refractivity contribution in [3.05, 3.63) is 48.6 Å². The Bertz CT molecular complexity index is 1360. The lowest BCUT2D eigenvalue weighted by Gasteiger charge is -2.45. The molecule has 0 radical (unpaired) electrons. The molecule has 3 amide bonds. The number of benzene rings is 1. The van der Waals surface area contributed by atoms with Crippen LogP contribution in [0.3, 0.4) is 0 Å². The molecular formula is C36H51N3O6. The predicted octanol–water partition coefficient (Wildman–Crippen LogP) is 4.73. The van der Waals surface area contributed by atoms with Gasteiger partial charge in [0, 0.05) is 24.3 Å².